The molecule has 0 aromatic carbocycles. The summed E-state index contributed by atoms with van der Waals surface area (Å²) in [5.41, 5.74) is 2.22. The Morgan fingerprint density at radius 3 is 2.50 bits per heavy atom. The predicted molar refractivity (Wildman–Crippen MR) is 36.7 cm³/mol. The Balaban J connectivity index is 1.94. The summed E-state index contributed by atoms with van der Waals surface area (Å²) < 4.78 is 0. The van der Waals surface area contributed by atoms with Gasteiger partial charge in [-0.05, 0) is 24.7 Å². The van der Waals surface area contributed by atoms with Gasteiger partial charge in [-0.15, -0.1) is 0 Å². The number of nitrogens with two attached hydrogens (primary N) is 1. The molecule has 2 aliphatic carbocycles. The lowest BCUT2D eigenvalue weighted by atomic mass is 10.1. The number of hydrogen-bond donors (Lipinski definition) is 2. The first-order valence-corrected chi connectivity index (χ1v) is 3.85. The highest BCUT2D eigenvalue weighted by Gasteiger charge is 2.56. The van der Waals surface area contributed by atoms with Gasteiger partial charge in [-0.25, -0.2) is 5.84 Å². The maximum absolute atomic E-state index is 11.0. The molecule has 3 nitrogen and oxygen atoms in total. The van der Waals surface area contributed by atoms with Gasteiger partial charge in [0.25, 0.3) is 0 Å². The van der Waals surface area contributed by atoms with Gasteiger partial charge in [-0.3, -0.25) is 10.2 Å². The summed E-state index contributed by atoms with van der Waals surface area (Å²) in [6, 6.07) is 0. The van der Waals surface area contributed by atoms with Gasteiger partial charge >= 0.3 is 0 Å². The molecular formula is C7H12N2O. The van der Waals surface area contributed by atoms with E-state index < -0.39 is 0 Å². The van der Waals surface area contributed by atoms with Gasteiger partial charge in [0, 0.05) is 5.92 Å². The summed E-state index contributed by atoms with van der Waals surface area (Å²) in [6.07, 6.45) is 3.79. The van der Waals surface area contributed by atoms with Crippen LogP contribution in [0.1, 0.15) is 19.3 Å². The Morgan fingerprint density at radius 2 is 2.00 bits per heavy atom. The fourth-order valence-corrected chi connectivity index (χ4v) is 2.31. The van der Waals surface area contributed by atoms with Gasteiger partial charge in [0.2, 0.25) is 5.91 Å². The smallest absolute Gasteiger partial charge is 0.237 e. The molecule has 10 heavy (non-hydrogen) atoms. The summed E-state index contributed by atoms with van der Waals surface area (Å²) in [5.74, 6) is 6.71. The van der Waals surface area contributed by atoms with Gasteiger partial charge < -0.3 is 0 Å². The van der Waals surface area contributed by atoms with Crippen LogP contribution < -0.4 is 11.3 Å². The van der Waals surface area contributed by atoms with Gasteiger partial charge in [0.05, 0.1) is 0 Å². The van der Waals surface area contributed by atoms with Crippen LogP contribution in [0.2, 0.25) is 0 Å². The Hall–Kier alpha value is -0.570. The number of amides is 1. The lowest BCUT2D eigenvalue weighted by Gasteiger charge is -1.99. The quantitative estimate of drug-likeness (QED) is 0.306. The number of carbonyl (C=O) groups excluding carboxylic acids is 1. The van der Waals surface area contributed by atoms with Gasteiger partial charge in [0.15, 0.2) is 0 Å². The van der Waals surface area contributed by atoms with E-state index >= 15 is 0 Å². The molecule has 3 N–H and O–H groups in total. The molecule has 3 heteroatoms. The van der Waals surface area contributed by atoms with Crippen molar-refractivity contribution in [3.8, 4) is 0 Å². The normalized spacial score (nSPS) is 42.7. The van der Waals surface area contributed by atoms with Gasteiger partial charge in [-0.2, -0.15) is 0 Å². The SMILES string of the molecule is NNC(=O)[C@H]1[C@@H]2CCC[C@@H]21. The van der Waals surface area contributed by atoms with Crippen molar-refractivity contribution in [1.82, 2.24) is 5.43 Å². The molecule has 2 aliphatic rings. The van der Waals surface area contributed by atoms with E-state index in [9.17, 15) is 4.79 Å². The average molecular weight is 140 g/mol. The molecule has 0 radical (unpaired) electrons. The fourth-order valence-electron chi connectivity index (χ4n) is 2.31. The molecule has 0 heterocycles. The Kier molecular flexibility index (Phi) is 1.20. The van der Waals surface area contributed by atoms with Crippen LogP contribution in [0.25, 0.3) is 0 Å². The molecular weight excluding hydrogens is 128 g/mol. The molecule has 0 aromatic heterocycles. The minimum absolute atomic E-state index is 0.0506. The standard InChI is InChI=1S/C7H12N2O/c8-9-7(10)6-4-2-1-3-5(4)6/h4-6H,1-3,8H2,(H,9,10)/t4-,5+,6+. The minimum atomic E-state index is 0.0506. The molecule has 56 valence electrons. The molecule has 0 saturated heterocycles. The summed E-state index contributed by atoms with van der Waals surface area (Å²) >= 11 is 0. The summed E-state index contributed by atoms with van der Waals surface area (Å²) in [7, 11) is 0. The highest BCUT2D eigenvalue weighted by molar-refractivity contribution is 5.81. The van der Waals surface area contributed by atoms with Crippen LogP contribution in [-0.2, 0) is 4.79 Å². The van der Waals surface area contributed by atoms with Crippen molar-refractivity contribution in [2.24, 2.45) is 23.6 Å². The minimum Gasteiger partial charge on any atom is -0.294 e. The van der Waals surface area contributed by atoms with Gasteiger partial charge in [-0.1, -0.05) is 6.42 Å². The maximum atomic E-state index is 11.0. The molecule has 2 saturated carbocycles. The molecule has 0 spiro atoms. The molecule has 3 atom stereocenters. The lowest BCUT2D eigenvalue weighted by molar-refractivity contribution is -0.123. The lowest BCUT2D eigenvalue weighted by Crippen LogP contribution is -2.32. The number of fused-ring (bicyclic) bond motifs is 1. The van der Waals surface area contributed by atoms with Crippen LogP contribution >= 0.6 is 0 Å². The van der Waals surface area contributed by atoms with Crippen LogP contribution in [0.5, 0.6) is 0 Å². The third-order valence-corrected chi connectivity index (χ3v) is 2.85. The van der Waals surface area contributed by atoms with E-state index in [4.69, 9.17) is 5.84 Å². The highest BCUT2D eigenvalue weighted by atomic mass is 16.2. The van der Waals surface area contributed by atoms with E-state index in [-0.39, 0.29) is 11.8 Å². The fraction of sp³-hybridized carbons (Fsp3) is 0.857. The third-order valence-electron chi connectivity index (χ3n) is 2.85. The monoisotopic (exact) mass is 140 g/mol. The summed E-state index contributed by atoms with van der Waals surface area (Å²) in [6.45, 7) is 0. The van der Waals surface area contributed by atoms with Crippen molar-refractivity contribution >= 4 is 5.91 Å². The zero-order valence-corrected chi connectivity index (χ0v) is 5.84. The average Bonchev–Trinajstić information content (AvgIpc) is 2.43. The van der Waals surface area contributed by atoms with E-state index in [1.165, 1.54) is 19.3 Å². The number of carbonyl (C=O) groups is 1. The van der Waals surface area contributed by atoms with E-state index in [0.29, 0.717) is 11.8 Å². The first-order chi connectivity index (χ1) is 4.84. The second-order valence-electron chi connectivity index (χ2n) is 3.29. The number of nitrogens with one attached hydrogen (secondary N) is 1. The first kappa shape index (κ1) is 6.16. The van der Waals surface area contributed by atoms with E-state index in [1.54, 1.807) is 0 Å². The second kappa shape index (κ2) is 1.95. The van der Waals surface area contributed by atoms with E-state index in [2.05, 4.69) is 5.43 Å². The van der Waals surface area contributed by atoms with Crippen molar-refractivity contribution < 1.29 is 4.79 Å². The molecule has 0 aromatic rings. The Morgan fingerprint density at radius 1 is 1.40 bits per heavy atom. The first-order valence-electron chi connectivity index (χ1n) is 3.85. The van der Waals surface area contributed by atoms with E-state index in [0.717, 1.165) is 0 Å². The molecule has 0 bridgehead atoms. The largest absolute Gasteiger partial charge is 0.294 e. The van der Waals surface area contributed by atoms with Crippen LogP contribution in [0, 0.1) is 17.8 Å². The molecule has 1 amide bonds. The van der Waals surface area contributed by atoms with Crippen LogP contribution in [-0.4, -0.2) is 5.91 Å². The highest BCUT2D eigenvalue weighted by Crippen LogP contribution is 2.57. The maximum Gasteiger partial charge on any atom is 0.237 e. The third kappa shape index (κ3) is 0.669. The van der Waals surface area contributed by atoms with Crippen molar-refractivity contribution in [1.29, 1.82) is 0 Å². The van der Waals surface area contributed by atoms with Crippen molar-refractivity contribution in [3.05, 3.63) is 0 Å². The Labute approximate surface area is 59.9 Å². The second-order valence-corrected chi connectivity index (χ2v) is 3.29. The molecule has 0 aliphatic heterocycles. The number of hydrogen-bond acceptors (Lipinski definition) is 2. The predicted octanol–water partition coefficient (Wildman–Crippen LogP) is 0.0224. The van der Waals surface area contributed by atoms with Crippen molar-refractivity contribution in [3.63, 3.8) is 0 Å². The summed E-state index contributed by atoms with van der Waals surface area (Å²) in [4.78, 5) is 11.0. The molecule has 2 fully saturated rings. The van der Waals surface area contributed by atoms with E-state index in [1.807, 2.05) is 0 Å². The number of hydrazine groups is 1. The van der Waals surface area contributed by atoms with Crippen LogP contribution in [0.3, 0.4) is 0 Å². The topological polar surface area (TPSA) is 55.1 Å². The zero-order chi connectivity index (χ0) is 7.14. The van der Waals surface area contributed by atoms with Crippen molar-refractivity contribution in [2.45, 2.75) is 19.3 Å². The summed E-state index contributed by atoms with van der Waals surface area (Å²) in [5, 5.41) is 0. The molecule has 0 unspecified atom stereocenters. The molecule has 2 rings (SSSR count). The van der Waals surface area contributed by atoms with Crippen LogP contribution in [0.15, 0.2) is 0 Å². The van der Waals surface area contributed by atoms with Crippen LogP contribution in [0.4, 0.5) is 0 Å². The number of rotatable bonds is 1. The zero-order valence-electron chi connectivity index (χ0n) is 5.84. The van der Waals surface area contributed by atoms with Crippen molar-refractivity contribution in [2.75, 3.05) is 0 Å². The van der Waals surface area contributed by atoms with Gasteiger partial charge in [0.1, 0.15) is 0 Å². The Bertz CT molecular complexity index is 159.